The Balaban J connectivity index is 4.29. The molecule has 0 heterocycles. The van der Waals surface area contributed by atoms with Gasteiger partial charge in [-0.3, -0.25) is 14.4 Å². The molecular weight excluding hydrogens is 961 g/mol. The second-order valence-electron chi connectivity index (χ2n) is 23.8. The summed E-state index contributed by atoms with van der Waals surface area (Å²) >= 11 is 0. The molecule has 0 rings (SSSR count). The average Bonchev–Trinajstić information content (AvgIpc) is 3.44. The van der Waals surface area contributed by atoms with Crippen molar-refractivity contribution < 1.29 is 28.6 Å². The summed E-state index contributed by atoms with van der Waals surface area (Å²) in [5.74, 6) is -0.839. The fourth-order valence-electron chi connectivity index (χ4n) is 10.6. The highest BCUT2D eigenvalue weighted by Crippen LogP contribution is 2.18. The minimum atomic E-state index is -0.771. The lowest BCUT2D eigenvalue weighted by Crippen LogP contribution is -2.30. The molecule has 0 aliphatic rings. The topological polar surface area (TPSA) is 78.9 Å². The Kier molecular flexibility index (Phi) is 65.1. The molecule has 0 aliphatic carbocycles. The maximum absolute atomic E-state index is 12.9. The number of carbonyl (C=O) groups excluding carboxylic acids is 3. The second kappa shape index (κ2) is 67.1. The SMILES string of the molecule is CCCCCCC/C=C\C/C=C\C/C=C\CCCCCCCCCCCCC(=O)OCC(COC(=O)CCCCCCCCCCCCCCCCCC)OC(=O)CCCCCCCCCCCCCCCCCCCCC. The van der Waals surface area contributed by atoms with E-state index in [0.29, 0.717) is 19.3 Å². The fraction of sp³-hybridized carbons (Fsp3) is 0.875. The predicted octanol–water partition coefficient (Wildman–Crippen LogP) is 23.9. The predicted molar refractivity (Wildman–Crippen MR) is 339 cm³/mol. The van der Waals surface area contributed by atoms with E-state index >= 15 is 0 Å². The molecular formula is C72H134O6. The molecule has 0 aromatic rings. The van der Waals surface area contributed by atoms with Crippen molar-refractivity contribution in [1.29, 1.82) is 0 Å². The van der Waals surface area contributed by atoms with Gasteiger partial charge in [0.1, 0.15) is 13.2 Å². The molecule has 0 aromatic carbocycles. The minimum absolute atomic E-state index is 0.0669. The summed E-state index contributed by atoms with van der Waals surface area (Å²) in [6, 6.07) is 0. The molecule has 1 atom stereocenters. The maximum atomic E-state index is 12.9. The third-order valence-corrected chi connectivity index (χ3v) is 15.9. The Morgan fingerprint density at radius 2 is 0.462 bits per heavy atom. The van der Waals surface area contributed by atoms with Gasteiger partial charge in [-0.1, -0.05) is 346 Å². The highest BCUT2D eigenvalue weighted by molar-refractivity contribution is 5.71. The van der Waals surface area contributed by atoms with Crippen LogP contribution in [0.1, 0.15) is 387 Å². The van der Waals surface area contributed by atoms with Crippen LogP contribution < -0.4 is 0 Å². The third-order valence-electron chi connectivity index (χ3n) is 15.9. The van der Waals surface area contributed by atoms with E-state index in [9.17, 15) is 14.4 Å². The molecule has 0 amide bonds. The van der Waals surface area contributed by atoms with Gasteiger partial charge in [0, 0.05) is 19.3 Å². The van der Waals surface area contributed by atoms with Gasteiger partial charge in [-0.15, -0.1) is 0 Å². The van der Waals surface area contributed by atoms with Crippen molar-refractivity contribution in [3.05, 3.63) is 36.5 Å². The summed E-state index contributed by atoms with van der Waals surface area (Å²) in [5, 5.41) is 0. The van der Waals surface area contributed by atoms with Crippen LogP contribution in [-0.4, -0.2) is 37.2 Å². The van der Waals surface area contributed by atoms with Gasteiger partial charge in [0.25, 0.3) is 0 Å². The molecule has 0 aromatic heterocycles. The van der Waals surface area contributed by atoms with E-state index < -0.39 is 6.10 Å². The summed E-state index contributed by atoms with van der Waals surface area (Å²) < 4.78 is 17.0. The summed E-state index contributed by atoms with van der Waals surface area (Å²) in [7, 11) is 0. The van der Waals surface area contributed by atoms with E-state index in [0.717, 1.165) is 70.6 Å². The molecule has 458 valence electrons. The zero-order valence-electron chi connectivity index (χ0n) is 52.7. The maximum Gasteiger partial charge on any atom is 0.306 e. The van der Waals surface area contributed by atoms with Crippen LogP contribution in [0.2, 0.25) is 0 Å². The number of unbranched alkanes of at least 4 members (excludes halogenated alkanes) is 48. The van der Waals surface area contributed by atoms with Crippen LogP contribution in [0, 0.1) is 0 Å². The number of esters is 3. The van der Waals surface area contributed by atoms with Gasteiger partial charge in [0.2, 0.25) is 0 Å². The van der Waals surface area contributed by atoms with Crippen molar-refractivity contribution >= 4 is 17.9 Å². The molecule has 1 unspecified atom stereocenters. The molecule has 0 saturated carbocycles. The lowest BCUT2D eigenvalue weighted by molar-refractivity contribution is -0.167. The van der Waals surface area contributed by atoms with E-state index in [1.54, 1.807) is 0 Å². The first-order chi connectivity index (χ1) is 38.5. The normalized spacial score (nSPS) is 12.2. The van der Waals surface area contributed by atoms with Gasteiger partial charge in [-0.2, -0.15) is 0 Å². The van der Waals surface area contributed by atoms with Crippen LogP contribution in [0.4, 0.5) is 0 Å². The molecule has 6 nitrogen and oxygen atoms in total. The van der Waals surface area contributed by atoms with E-state index in [1.807, 2.05) is 0 Å². The highest BCUT2D eigenvalue weighted by Gasteiger charge is 2.19. The third kappa shape index (κ3) is 64.5. The summed E-state index contributed by atoms with van der Waals surface area (Å²) in [5.41, 5.74) is 0. The van der Waals surface area contributed by atoms with E-state index in [-0.39, 0.29) is 31.1 Å². The Hall–Kier alpha value is -2.37. The van der Waals surface area contributed by atoms with E-state index in [4.69, 9.17) is 14.2 Å². The van der Waals surface area contributed by atoms with Gasteiger partial charge in [0.05, 0.1) is 0 Å². The van der Waals surface area contributed by atoms with Gasteiger partial charge >= 0.3 is 17.9 Å². The Bertz CT molecular complexity index is 1300. The largest absolute Gasteiger partial charge is 0.462 e. The van der Waals surface area contributed by atoms with Gasteiger partial charge in [-0.25, -0.2) is 0 Å². The first-order valence-electron chi connectivity index (χ1n) is 35.0. The van der Waals surface area contributed by atoms with Crippen LogP contribution in [0.3, 0.4) is 0 Å². The van der Waals surface area contributed by atoms with Crippen LogP contribution in [-0.2, 0) is 28.6 Å². The minimum Gasteiger partial charge on any atom is -0.462 e. The summed E-state index contributed by atoms with van der Waals surface area (Å²) in [6.07, 6.45) is 83.0. The number of ether oxygens (including phenoxy) is 3. The van der Waals surface area contributed by atoms with E-state index in [2.05, 4.69) is 57.2 Å². The first-order valence-corrected chi connectivity index (χ1v) is 35.0. The summed E-state index contributed by atoms with van der Waals surface area (Å²) in [6.45, 7) is 6.71. The number of allylic oxidation sites excluding steroid dienone is 6. The number of hydrogen-bond donors (Lipinski definition) is 0. The van der Waals surface area contributed by atoms with Crippen molar-refractivity contribution in [1.82, 2.24) is 0 Å². The molecule has 0 aliphatic heterocycles. The molecule has 0 bridgehead atoms. The first kappa shape index (κ1) is 75.6. The molecule has 0 spiro atoms. The van der Waals surface area contributed by atoms with Crippen molar-refractivity contribution in [3.63, 3.8) is 0 Å². The molecule has 0 radical (unpaired) electrons. The number of carbonyl (C=O) groups is 3. The van der Waals surface area contributed by atoms with Crippen LogP contribution in [0.25, 0.3) is 0 Å². The quantitative estimate of drug-likeness (QED) is 0.0261. The number of hydrogen-bond acceptors (Lipinski definition) is 6. The van der Waals surface area contributed by atoms with Crippen LogP contribution in [0.15, 0.2) is 36.5 Å². The monoisotopic (exact) mass is 1100 g/mol. The van der Waals surface area contributed by atoms with Gasteiger partial charge < -0.3 is 14.2 Å². The molecule has 78 heavy (non-hydrogen) atoms. The Morgan fingerprint density at radius 1 is 0.256 bits per heavy atom. The molecule has 6 heteroatoms. The summed E-state index contributed by atoms with van der Waals surface area (Å²) in [4.78, 5) is 38.4. The highest BCUT2D eigenvalue weighted by atomic mass is 16.6. The van der Waals surface area contributed by atoms with E-state index in [1.165, 1.54) is 276 Å². The molecule has 0 N–H and O–H groups in total. The molecule has 0 saturated heterocycles. The Morgan fingerprint density at radius 3 is 0.718 bits per heavy atom. The van der Waals surface area contributed by atoms with Crippen LogP contribution >= 0.6 is 0 Å². The van der Waals surface area contributed by atoms with Crippen molar-refractivity contribution in [2.45, 2.75) is 393 Å². The zero-order valence-corrected chi connectivity index (χ0v) is 52.7. The standard InChI is InChI=1S/C72H134O6/c1-4-7-10-13-16-19-22-25-28-31-33-34-35-36-37-38-40-41-44-47-50-53-56-59-62-65-71(74)77-68-69(67-76-70(73)64-61-58-55-52-49-46-43-30-27-24-21-18-15-12-9-6-3)78-72(75)66-63-60-57-54-51-48-45-42-39-32-29-26-23-20-17-14-11-8-5-2/h22,25,31,33,35-36,69H,4-21,23-24,26-30,32,34,37-68H2,1-3H3/b25-22-,33-31-,36-35-. The van der Waals surface area contributed by atoms with Crippen LogP contribution in [0.5, 0.6) is 0 Å². The lowest BCUT2D eigenvalue weighted by atomic mass is 10.0. The lowest BCUT2D eigenvalue weighted by Gasteiger charge is -2.18. The zero-order chi connectivity index (χ0) is 56.4. The second-order valence-corrected chi connectivity index (χ2v) is 23.8. The fourth-order valence-corrected chi connectivity index (χ4v) is 10.6. The van der Waals surface area contributed by atoms with Gasteiger partial charge in [-0.05, 0) is 57.8 Å². The smallest absolute Gasteiger partial charge is 0.306 e. The van der Waals surface area contributed by atoms with Crippen molar-refractivity contribution in [3.8, 4) is 0 Å². The average molecular weight is 1100 g/mol. The molecule has 0 fully saturated rings. The number of rotatable bonds is 65. The Labute approximate surface area is 486 Å². The van der Waals surface area contributed by atoms with Gasteiger partial charge in [0.15, 0.2) is 6.10 Å². The van der Waals surface area contributed by atoms with Crippen molar-refractivity contribution in [2.75, 3.05) is 13.2 Å². The van der Waals surface area contributed by atoms with Crippen molar-refractivity contribution in [2.24, 2.45) is 0 Å².